The number of halogens is 3. The highest BCUT2D eigenvalue weighted by atomic mass is 19.4. The van der Waals surface area contributed by atoms with Crippen LogP contribution >= 0.6 is 0 Å². The minimum atomic E-state index is -4.39. The van der Waals surface area contributed by atoms with Crippen molar-refractivity contribution in [3.63, 3.8) is 0 Å². The van der Waals surface area contributed by atoms with E-state index in [-0.39, 0.29) is 6.61 Å². The van der Waals surface area contributed by atoms with Crippen LogP contribution in [0.4, 0.5) is 30.4 Å². The zero-order chi connectivity index (χ0) is 22.0. The molecule has 1 aromatic carbocycles. The normalized spacial score (nSPS) is 11.6. The van der Waals surface area contributed by atoms with Gasteiger partial charge in [-0.1, -0.05) is 6.07 Å². The molecule has 3 heterocycles. The van der Waals surface area contributed by atoms with Gasteiger partial charge < -0.3 is 15.7 Å². The first-order chi connectivity index (χ1) is 14.8. The van der Waals surface area contributed by atoms with E-state index < -0.39 is 11.7 Å². The van der Waals surface area contributed by atoms with E-state index in [0.717, 1.165) is 29.2 Å². The van der Waals surface area contributed by atoms with Gasteiger partial charge in [-0.3, -0.25) is 4.40 Å². The van der Waals surface area contributed by atoms with Crippen molar-refractivity contribution in [3.8, 4) is 11.4 Å². The number of aliphatic hydroxyl groups is 1. The number of aryl methyl sites for hydroxylation is 1. The summed E-state index contributed by atoms with van der Waals surface area (Å²) in [7, 11) is 0. The van der Waals surface area contributed by atoms with E-state index in [1.807, 2.05) is 41.8 Å². The predicted molar refractivity (Wildman–Crippen MR) is 113 cm³/mol. The number of nitrogens with one attached hydrogen (secondary N) is 2. The maximum absolute atomic E-state index is 12.8. The molecule has 3 aromatic heterocycles. The molecule has 9 heteroatoms. The summed E-state index contributed by atoms with van der Waals surface area (Å²) in [5, 5.41) is 15.3. The second-order valence-corrected chi connectivity index (χ2v) is 6.95. The summed E-state index contributed by atoms with van der Waals surface area (Å²) >= 11 is 0. The van der Waals surface area contributed by atoms with E-state index in [1.165, 1.54) is 12.1 Å². The van der Waals surface area contributed by atoms with E-state index in [2.05, 4.69) is 20.6 Å². The first kappa shape index (κ1) is 20.7. The van der Waals surface area contributed by atoms with Gasteiger partial charge in [0, 0.05) is 30.2 Å². The van der Waals surface area contributed by atoms with E-state index in [1.54, 1.807) is 6.07 Å². The van der Waals surface area contributed by atoms with E-state index in [9.17, 15) is 13.2 Å². The molecule has 0 aliphatic heterocycles. The Morgan fingerprint density at radius 2 is 1.77 bits per heavy atom. The molecule has 0 atom stereocenters. The molecule has 0 amide bonds. The number of rotatable bonds is 6. The smallest absolute Gasteiger partial charge is 0.395 e. The van der Waals surface area contributed by atoms with Crippen molar-refractivity contribution in [2.45, 2.75) is 13.1 Å². The van der Waals surface area contributed by atoms with Crippen LogP contribution in [0.3, 0.4) is 0 Å². The number of nitrogens with zero attached hydrogens (tertiary/aromatic N) is 3. The second kappa shape index (κ2) is 8.27. The minimum Gasteiger partial charge on any atom is -0.395 e. The molecule has 0 fully saturated rings. The van der Waals surface area contributed by atoms with Crippen molar-refractivity contribution in [1.29, 1.82) is 0 Å². The number of hydrogen-bond acceptors (Lipinski definition) is 5. The molecule has 0 aliphatic rings. The Morgan fingerprint density at radius 1 is 1.00 bits per heavy atom. The van der Waals surface area contributed by atoms with Crippen LogP contribution < -0.4 is 10.6 Å². The van der Waals surface area contributed by atoms with Crippen molar-refractivity contribution in [3.05, 3.63) is 72.1 Å². The third-order valence-electron chi connectivity index (χ3n) is 4.70. The Morgan fingerprint density at radius 3 is 2.48 bits per heavy atom. The first-order valence-corrected chi connectivity index (χ1v) is 9.60. The number of alkyl halides is 3. The van der Waals surface area contributed by atoms with Gasteiger partial charge in [0.2, 0.25) is 0 Å². The molecular formula is C22H20F3N5O. The third kappa shape index (κ3) is 4.46. The number of fused-ring (bicyclic) bond motifs is 1. The first-order valence-electron chi connectivity index (χ1n) is 9.60. The van der Waals surface area contributed by atoms with E-state index in [0.29, 0.717) is 29.4 Å². The highest BCUT2D eigenvalue weighted by Gasteiger charge is 2.29. The summed E-state index contributed by atoms with van der Waals surface area (Å²) in [6.07, 6.45) is -2.50. The number of aromatic nitrogens is 3. The van der Waals surface area contributed by atoms with Crippen molar-refractivity contribution >= 4 is 22.8 Å². The van der Waals surface area contributed by atoms with Gasteiger partial charge in [0.1, 0.15) is 11.5 Å². The molecule has 6 nitrogen and oxygen atoms in total. The maximum atomic E-state index is 12.8. The summed E-state index contributed by atoms with van der Waals surface area (Å²) in [4.78, 5) is 9.23. The molecule has 0 unspecified atom stereocenters. The Balaban J connectivity index is 1.73. The summed E-state index contributed by atoms with van der Waals surface area (Å²) in [5.41, 5.74) is 3.47. The van der Waals surface area contributed by atoms with Crippen LogP contribution in [0.25, 0.3) is 17.0 Å². The number of aliphatic hydroxyl groups excluding tert-OH is 1. The standard InChI is InChI=1S/C22H20F3N5O/c1-14-21(30-10-3-2-4-20(30)27-14)18-12-17(26-9-11-31)13-19(29-18)28-16-7-5-15(6-8-16)22(23,24)25/h2-8,10,12-13,31H,9,11H2,1H3,(H2,26,28,29). The highest BCUT2D eigenvalue weighted by Crippen LogP contribution is 2.31. The molecule has 0 spiro atoms. The van der Waals surface area contributed by atoms with Crippen molar-refractivity contribution < 1.29 is 18.3 Å². The molecule has 3 N–H and O–H groups in total. The van der Waals surface area contributed by atoms with Gasteiger partial charge in [0.05, 0.1) is 29.3 Å². The topological polar surface area (TPSA) is 74.5 Å². The molecule has 0 saturated heterocycles. The third-order valence-corrected chi connectivity index (χ3v) is 4.70. The van der Waals surface area contributed by atoms with Crippen LogP contribution in [0.15, 0.2) is 60.8 Å². The number of imidazole rings is 1. The molecule has 4 aromatic rings. The van der Waals surface area contributed by atoms with Gasteiger partial charge in [0.25, 0.3) is 0 Å². The van der Waals surface area contributed by atoms with Crippen LogP contribution in [0.2, 0.25) is 0 Å². The predicted octanol–water partition coefficient (Wildman–Crippen LogP) is 4.87. The fourth-order valence-corrected chi connectivity index (χ4v) is 3.33. The number of anilines is 3. The van der Waals surface area contributed by atoms with E-state index >= 15 is 0 Å². The molecule has 0 aliphatic carbocycles. The fraction of sp³-hybridized carbons (Fsp3) is 0.182. The zero-order valence-electron chi connectivity index (χ0n) is 16.6. The second-order valence-electron chi connectivity index (χ2n) is 6.95. The Kier molecular flexibility index (Phi) is 5.51. The Labute approximate surface area is 176 Å². The summed E-state index contributed by atoms with van der Waals surface area (Å²) in [6.45, 7) is 2.18. The van der Waals surface area contributed by atoms with Crippen molar-refractivity contribution in [2.24, 2.45) is 0 Å². The molecule has 31 heavy (non-hydrogen) atoms. The zero-order valence-corrected chi connectivity index (χ0v) is 16.6. The number of benzene rings is 1. The Bertz CT molecular complexity index is 1200. The maximum Gasteiger partial charge on any atom is 0.416 e. The van der Waals surface area contributed by atoms with Gasteiger partial charge in [-0.25, -0.2) is 9.97 Å². The van der Waals surface area contributed by atoms with Crippen LogP contribution in [0, 0.1) is 6.92 Å². The number of hydrogen-bond donors (Lipinski definition) is 3. The monoisotopic (exact) mass is 427 g/mol. The molecule has 0 bridgehead atoms. The number of pyridine rings is 2. The highest BCUT2D eigenvalue weighted by molar-refractivity contribution is 5.72. The van der Waals surface area contributed by atoms with Crippen LogP contribution in [0.1, 0.15) is 11.3 Å². The van der Waals surface area contributed by atoms with Crippen molar-refractivity contribution in [1.82, 2.24) is 14.4 Å². The van der Waals surface area contributed by atoms with Gasteiger partial charge >= 0.3 is 6.18 Å². The van der Waals surface area contributed by atoms with Crippen LogP contribution in [-0.4, -0.2) is 32.6 Å². The summed E-state index contributed by atoms with van der Waals surface area (Å²) in [6, 6.07) is 14.0. The lowest BCUT2D eigenvalue weighted by atomic mass is 10.2. The van der Waals surface area contributed by atoms with E-state index in [4.69, 9.17) is 5.11 Å². The van der Waals surface area contributed by atoms with Gasteiger partial charge in [-0.15, -0.1) is 0 Å². The average molecular weight is 427 g/mol. The van der Waals surface area contributed by atoms with Gasteiger partial charge in [0.15, 0.2) is 0 Å². The lowest BCUT2D eigenvalue weighted by molar-refractivity contribution is -0.137. The largest absolute Gasteiger partial charge is 0.416 e. The SMILES string of the molecule is Cc1nc2ccccn2c1-c1cc(NCCO)cc(Nc2ccc(C(F)(F)F)cc2)n1. The summed E-state index contributed by atoms with van der Waals surface area (Å²) < 4.78 is 40.4. The lowest BCUT2D eigenvalue weighted by Crippen LogP contribution is -2.07. The van der Waals surface area contributed by atoms with Crippen molar-refractivity contribution in [2.75, 3.05) is 23.8 Å². The molecule has 0 radical (unpaired) electrons. The molecule has 4 rings (SSSR count). The van der Waals surface area contributed by atoms with Crippen LogP contribution in [0.5, 0.6) is 0 Å². The summed E-state index contributed by atoms with van der Waals surface area (Å²) in [5.74, 6) is 0.447. The average Bonchev–Trinajstić information content (AvgIpc) is 3.07. The van der Waals surface area contributed by atoms with Gasteiger partial charge in [-0.05, 0) is 49.4 Å². The fourth-order valence-electron chi connectivity index (χ4n) is 3.33. The minimum absolute atomic E-state index is 0.0477. The van der Waals surface area contributed by atoms with Gasteiger partial charge in [-0.2, -0.15) is 13.2 Å². The quantitative estimate of drug-likeness (QED) is 0.409. The van der Waals surface area contributed by atoms with Crippen LogP contribution in [-0.2, 0) is 6.18 Å². The Hall–Kier alpha value is -3.59. The lowest BCUT2D eigenvalue weighted by Gasteiger charge is -2.13. The molecular weight excluding hydrogens is 407 g/mol. The molecule has 0 saturated carbocycles. The molecule has 160 valence electrons.